The molecule has 0 unspecified atom stereocenters. The van der Waals surface area contributed by atoms with Crippen LogP contribution in [0.5, 0.6) is 0 Å². The molecule has 10 aromatic carbocycles. The van der Waals surface area contributed by atoms with Crippen LogP contribution in [0.2, 0.25) is 0 Å². The van der Waals surface area contributed by atoms with Gasteiger partial charge in [-0.05, 0) is 133 Å². The van der Waals surface area contributed by atoms with Crippen LogP contribution in [0.1, 0.15) is 25.0 Å². The minimum Gasteiger partial charge on any atom is -0.310 e. The molecule has 1 aliphatic rings. The summed E-state index contributed by atoms with van der Waals surface area (Å²) in [7, 11) is 0. The zero-order chi connectivity index (χ0) is 40.9. The van der Waals surface area contributed by atoms with E-state index in [1.54, 1.807) is 0 Å². The lowest BCUT2D eigenvalue weighted by Gasteiger charge is -2.31. The summed E-state index contributed by atoms with van der Waals surface area (Å²) in [5.41, 5.74) is 16.5. The summed E-state index contributed by atoms with van der Waals surface area (Å²) < 4.78 is 0. The standard InChI is InChI=1S/C59H44N2/c1-59(2)56-29-17-16-28-54(56)55-35-33-49(40-57(55)59)61(47-25-10-5-11-26-47)51-38-45(53-34-31-42-19-14-15-27-52(42)58(53)43-20-6-3-7-21-43)37-50(39-51)60(46-23-8-4-9-24-46)48-32-30-41-18-12-13-22-44(41)36-48/h3-40H,1-2H3. The molecule has 0 saturated heterocycles. The maximum Gasteiger partial charge on any atom is 0.0488 e. The van der Waals surface area contributed by atoms with Crippen LogP contribution in [0, 0.1) is 0 Å². The van der Waals surface area contributed by atoms with Crippen LogP contribution in [0.15, 0.2) is 231 Å². The molecule has 2 heteroatoms. The first-order valence-corrected chi connectivity index (χ1v) is 21.2. The minimum atomic E-state index is -0.146. The Morgan fingerprint density at radius 3 is 1.51 bits per heavy atom. The molecule has 11 rings (SSSR count). The Kier molecular flexibility index (Phi) is 8.86. The van der Waals surface area contributed by atoms with Gasteiger partial charge in [0.25, 0.3) is 0 Å². The maximum absolute atomic E-state index is 2.44. The van der Waals surface area contributed by atoms with Crippen molar-refractivity contribution in [3.8, 4) is 33.4 Å². The van der Waals surface area contributed by atoms with Crippen LogP contribution in [0.25, 0.3) is 54.9 Å². The Bertz CT molecular complexity index is 3220. The maximum atomic E-state index is 2.44. The fraction of sp³-hybridized carbons (Fsp3) is 0.0508. The molecule has 10 aromatic rings. The van der Waals surface area contributed by atoms with Gasteiger partial charge >= 0.3 is 0 Å². The number of hydrogen-bond acceptors (Lipinski definition) is 2. The normalized spacial score (nSPS) is 12.6. The Morgan fingerprint density at radius 2 is 0.803 bits per heavy atom. The van der Waals surface area contributed by atoms with Crippen molar-refractivity contribution in [3.05, 3.63) is 242 Å². The number of fused-ring (bicyclic) bond motifs is 5. The third kappa shape index (κ3) is 6.36. The van der Waals surface area contributed by atoms with E-state index in [-0.39, 0.29) is 5.41 Å². The number of para-hydroxylation sites is 2. The largest absolute Gasteiger partial charge is 0.310 e. The molecule has 0 spiro atoms. The molecule has 1 aliphatic carbocycles. The van der Waals surface area contributed by atoms with Crippen molar-refractivity contribution in [2.45, 2.75) is 19.3 Å². The molecule has 0 heterocycles. The molecular formula is C59H44N2. The van der Waals surface area contributed by atoms with Crippen LogP contribution >= 0.6 is 0 Å². The lowest BCUT2D eigenvalue weighted by Crippen LogP contribution is -2.17. The van der Waals surface area contributed by atoms with Crippen molar-refractivity contribution in [1.82, 2.24) is 0 Å². The molecule has 0 aromatic heterocycles. The van der Waals surface area contributed by atoms with Crippen molar-refractivity contribution < 1.29 is 0 Å². The number of nitrogens with zero attached hydrogens (tertiary/aromatic N) is 2. The second-order valence-corrected chi connectivity index (χ2v) is 16.6. The van der Waals surface area contributed by atoms with Gasteiger partial charge in [-0.15, -0.1) is 0 Å². The zero-order valence-electron chi connectivity index (χ0n) is 34.3. The summed E-state index contributed by atoms with van der Waals surface area (Å²) in [6.45, 7) is 4.72. The molecule has 0 bridgehead atoms. The molecule has 0 radical (unpaired) electrons. The van der Waals surface area contributed by atoms with Gasteiger partial charge in [0, 0.05) is 39.5 Å². The topological polar surface area (TPSA) is 6.48 Å². The highest BCUT2D eigenvalue weighted by Gasteiger charge is 2.36. The quantitative estimate of drug-likeness (QED) is 0.152. The third-order valence-corrected chi connectivity index (χ3v) is 12.6. The summed E-state index contributed by atoms with van der Waals surface area (Å²) in [5, 5.41) is 4.87. The van der Waals surface area contributed by atoms with Crippen molar-refractivity contribution in [3.63, 3.8) is 0 Å². The van der Waals surface area contributed by atoms with E-state index in [0.717, 1.165) is 39.7 Å². The fourth-order valence-electron chi connectivity index (χ4n) is 9.63. The second-order valence-electron chi connectivity index (χ2n) is 16.6. The molecule has 0 amide bonds. The Morgan fingerprint density at radius 1 is 0.295 bits per heavy atom. The zero-order valence-corrected chi connectivity index (χ0v) is 34.3. The van der Waals surface area contributed by atoms with E-state index in [2.05, 4.69) is 254 Å². The van der Waals surface area contributed by atoms with Gasteiger partial charge in [0.2, 0.25) is 0 Å². The van der Waals surface area contributed by atoms with Crippen molar-refractivity contribution in [2.75, 3.05) is 9.80 Å². The molecule has 0 saturated carbocycles. The van der Waals surface area contributed by atoms with E-state index < -0.39 is 0 Å². The average molecular weight is 781 g/mol. The third-order valence-electron chi connectivity index (χ3n) is 12.6. The van der Waals surface area contributed by atoms with Crippen LogP contribution in [0.4, 0.5) is 34.1 Å². The van der Waals surface area contributed by atoms with E-state index in [4.69, 9.17) is 0 Å². The number of anilines is 6. The van der Waals surface area contributed by atoms with E-state index >= 15 is 0 Å². The average Bonchev–Trinajstić information content (AvgIpc) is 3.55. The predicted octanol–water partition coefficient (Wildman–Crippen LogP) is 16.6. The number of benzene rings is 10. The fourth-order valence-corrected chi connectivity index (χ4v) is 9.63. The molecule has 0 aliphatic heterocycles. The summed E-state index contributed by atoms with van der Waals surface area (Å²) >= 11 is 0. The summed E-state index contributed by atoms with van der Waals surface area (Å²) in [6, 6.07) is 84.4. The van der Waals surface area contributed by atoms with Gasteiger partial charge in [0.1, 0.15) is 0 Å². The van der Waals surface area contributed by atoms with Gasteiger partial charge in [-0.3, -0.25) is 0 Å². The molecular weight excluding hydrogens is 737 g/mol. The van der Waals surface area contributed by atoms with Crippen molar-refractivity contribution >= 4 is 55.7 Å². The van der Waals surface area contributed by atoms with Gasteiger partial charge in [0.05, 0.1) is 0 Å². The van der Waals surface area contributed by atoms with E-state index in [9.17, 15) is 0 Å². The second kappa shape index (κ2) is 14.9. The van der Waals surface area contributed by atoms with Gasteiger partial charge < -0.3 is 9.80 Å². The van der Waals surface area contributed by atoms with Crippen molar-refractivity contribution in [2.24, 2.45) is 0 Å². The van der Waals surface area contributed by atoms with Crippen LogP contribution in [-0.2, 0) is 5.41 Å². The predicted molar refractivity (Wildman–Crippen MR) is 259 cm³/mol. The van der Waals surface area contributed by atoms with Crippen LogP contribution < -0.4 is 9.80 Å². The smallest absolute Gasteiger partial charge is 0.0488 e. The highest BCUT2D eigenvalue weighted by Crippen LogP contribution is 2.52. The Hall–Kier alpha value is -7.68. The van der Waals surface area contributed by atoms with Crippen molar-refractivity contribution in [1.29, 1.82) is 0 Å². The summed E-state index contributed by atoms with van der Waals surface area (Å²) in [5.74, 6) is 0. The molecule has 290 valence electrons. The first-order valence-electron chi connectivity index (χ1n) is 21.2. The van der Waals surface area contributed by atoms with E-state index in [1.165, 1.54) is 60.5 Å². The summed E-state index contributed by atoms with van der Waals surface area (Å²) in [4.78, 5) is 4.85. The molecule has 0 fully saturated rings. The van der Waals surface area contributed by atoms with Gasteiger partial charge in [-0.25, -0.2) is 0 Å². The highest BCUT2D eigenvalue weighted by atomic mass is 15.2. The first kappa shape index (κ1) is 36.4. The van der Waals surface area contributed by atoms with E-state index in [0.29, 0.717) is 0 Å². The lowest BCUT2D eigenvalue weighted by atomic mass is 9.82. The van der Waals surface area contributed by atoms with Crippen LogP contribution in [-0.4, -0.2) is 0 Å². The van der Waals surface area contributed by atoms with Gasteiger partial charge in [-0.2, -0.15) is 0 Å². The highest BCUT2D eigenvalue weighted by molar-refractivity contribution is 6.05. The summed E-state index contributed by atoms with van der Waals surface area (Å²) in [6.07, 6.45) is 0. The number of hydrogen-bond donors (Lipinski definition) is 0. The first-order chi connectivity index (χ1) is 30.0. The van der Waals surface area contributed by atoms with Gasteiger partial charge in [-0.1, -0.05) is 178 Å². The van der Waals surface area contributed by atoms with Gasteiger partial charge in [0.15, 0.2) is 0 Å². The van der Waals surface area contributed by atoms with Crippen LogP contribution in [0.3, 0.4) is 0 Å². The lowest BCUT2D eigenvalue weighted by molar-refractivity contribution is 0.660. The number of rotatable bonds is 8. The SMILES string of the molecule is CC1(C)c2ccccc2-c2ccc(N(c3ccccc3)c3cc(-c4ccc5ccccc5c4-c4ccccc4)cc(N(c4ccccc4)c4ccc5ccccc5c4)c3)cc21. The molecule has 0 N–H and O–H groups in total. The Labute approximate surface area is 358 Å². The minimum absolute atomic E-state index is 0.146. The molecule has 2 nitrogen and oxygen atoms in total. The molecule has 0 atom stereocenters. The Balaban J connectivity index is 1.20. The molecule has 61 heavy (non-hydrogen) atoms. The monoisotopic (exact) mass is 780 g/mol. The van der Waals surface area contributed by atoms with E-state index in [1.807, 2.05) is 0 Å².